The van der Waals surface area contributed by atoms with Crippen LogP contribution in [0.2, 0.25) is 0 Å². The molecular weight excluding hydrogens is 326 g/mol. The van der Waals surface area contributed by atoms with Gasteiger partial charge in [0.2, 0.25) is 0 Å². The van der Waals surface area contributed by atoms with E-state index in [-0.39, 0.29) is 5.69 Å². The number of aryl methyl sites for hydroxylation is 2. The molecule has 2 N–H and O–H groups in total. The van der Waals surface area contributed by atoms with E-state index in [1.165, 1.54) is 6.07 Å². The third kappa shape index (κ3) is 3.65. The number of halogens is 2. The van der Waals surface area contributed by atoms with E-state index in [1.54, 1.807) is 16.9 Å². The van der Waals surface area contributed by atoms with E-state index in [4.69, 9.17) is 0 Å². The van der Waals surface area contributed by atoms with Gasteiger partial charge in [-0.15, -0.1) is 0 Å². The van der Waals surface area contributed by atoms with Crippen LogP contribution >= 0.6 is 0 Å². The smallest absolute Gasteiger partial charge is 0.308 e. The predicted octanol–water partition coefficient (Wildman–Crippen LogP) is 4.32. The molecule has 1 heterocycles. The molecule has 2 aromatic carbocycles. The lowest BCUT2D eigenvalue weighted by molar-refractivity contribution is 0.262. The Labute approximate surface area is 143 Å². The number of benzene rings is 2. The van der Waals surface area contributed by atoms with Crippen molar-refractivity contribution in [3.05, 3.63) is 65.9 Å². The van der Waals surface area contributed by atoms with Crippen molar-refractivity contribution in [1.82, 2.24) is 9.78 Å². The molecule has 25 heavy (non-hydrogen) atoms. The van der Waals surface area contributed by atoms with Crippen LogP contribution in [0.1, 0.15) is 5.56 Å². The van der Waals surface area contributed by atoms with Crippen LogP contribution in [0.3, 0.4) is 0 Å². The Balaban J connectivity index is 1.79. The number of nitrogens with zero attached hydrogens (tertiary/aromatic N) is 2. The van der Waals surface area contributed by atoms with Gasteiger partial charge in [0.05, 0.1) is 11.4 Å². The number of anilines is 2. The van der Waals surface area contributed by atoms with Gasteiger partial charge < -0.3 is 10.6 Å². The number of hydrogen-bond donors (Lipinski definition) is 2. The molecule has 0 saturated carbocycles. The molecule has 0 unspecified atom stereocenters. The number of urea groups is 1. The van der Waals surface area contributed by atoms with E-state index in [2.05, 4.69) is 15.7 Å². The molecule has 0 fully saturated rings. The van der Waals surface area contributed by atoms with Gasteiger partial charge in [-0.1, -0.05) is 6.07 Å². The molecule has 0 saturated heterocycles. The van der Waals surface area contributed by atoms with Crippen molar-refractivity contribution in [2.75, 3.05) is 10.6 Å². The zero-order chi connectivity index (χ0) is 18.0. The Morgan fingerprint density at radius 1 is 1.08 bits per heavy atom. The molecule has 0 spiro atoms. The van der Waals surface area contributed by atoms with Gasteiger partial charge in [-0.3, -0.25) is 4.68 Å². The van der Waals surface area contributed by atoms with Crippen LogP contribution in [0, 0.1) is 18.6 Å². The molecule has 1 aromatic heterocycles. The fraction of sp³-hybridized carbons (Fsp3) is 0.111. The molecule has 2 amide bonds. The molecule has 0 radical (unpaired) electrons. The topological polar surface area (TPSA) is 59.0 Å². The fourth-order valence-corrected chi connectivity index (χ4v) is 2.49. The monoisotopic (exact) mass is 342 g/mol. The lowest BCUT2D eigenvalue weighted by Gasteiger charge is -2.12. The normalized spacial score (nSPS) is 10.6. The van der Waals surface area contributed by atoms with E-state index in [0.717, 1.165) is 22.9 Å². The van der Waals surface area contributed by atoms with Gasteiger partial charge in [0.25, 0.3) is 0 Å². The van der Waals surface area contributed by atoms with Gasteiger partial charge in [0, 0.05) is 30.6 Å². The van der Waals surface area contributed by atoms with Crippen molar-refractivity contribution >= 4 is 17.4 Å². The third-order valence-corrected chi connectivity index (χ3v) is 3.77. The van der Waals surface area contributed by atoms with E-state index in [0.29, 0.717) is 11.8 Å². The van der Waals surface area contributed by atoms with Crippen LogP contribution < -0.4 is 10.6 Å². The number of hydrogen-bond acceptors (Lipinski definition) is 2. The van der Waals surface area contributed by atoms with Gasteiger partial charge in [0.1, 0.15) is 11.6 Å². The van der Waals surface area contributed by atoms with Gasteiger partial charge in [0.15, 0.2) is 0 Å². The highest BCUT2D eigenvalue weighted by Gasteiger charge is 2.11. The summed E-state index contributed by atoms with van der Waals surface area (Å²) in [6, 6.07) is 9.64. The largest absolute Gasteiger partial charge is 0.323 e. The molecule has 5 nitrogen and oxygen atoms in total. The van der Waals surface area contributed by atoms with E-state index >= 15 is 0 Å². The quantitative estimate of drug-likeness (QED) is 0.745. The Morgan fingerprint density at radius 3 is 2.56 bits per heavy atom. The van der Waals surface area contributed by atoms with Crippen LogP contribution in [0.4, 0.5) is 25.0 Å². The Morgan fingerprint density at radius 2 is 1.88 bits per heavy atom. The maximum absolute atomic E-state index is 13.6. The Hall–Kier alpha value is -3.22. The second-order valence-corrected chi connectivity index (χ2v) is 5.57. The highest BCUT2D eigenvalue weighted by atomic mass is 19.1. The minimum absolute atomic E-state index is 0.0992. The standard InChI is InChI=1S/C18H16F2N4O/c1-11-3-5-13(10-14(11)17-7-8-21-24(17)2)22-18(25)23-16-6-4-12(19)9-15(16)20/h3-10H,1-2H3,(H2,22,23,25). The number of nitrogens with one attached hydrogen (secondary N) is 2. The second-order valence-electron chi connectivity index (χ2n) is 5.57. The van der Waals surface area contributed by atoms with E-state index in [9.17, 15) is 13.6 Å². The third-order valence-electron chi connectivity index (χ3n) is 3.77. The number of amides is 2. The fourth-order valence-electron chi connectivity index (χ4n) is 2.49. The maximum Gasteiger partial charge on any atom is 0.323 e. The summed E-state index contributed by atoms with van der Waals surface area (Å²) >= 11 is 0. The second kappa shape index (κ2) is 6.72. The maximum atomic E-state index is 13.6. The van der Waals surface area contributed by atoms with Crippen molar-refractivity contribution in [1.29, 1.82) is 0 Å². The molecule has 7 heteroatoms. The number of carbonyl (C=O) groups excluding carboxylic acids is 1. The molecular formula is C18H16F2N4O. The number of aromatic nitrogens is 2. The molecule has 0 aliphatic rings. The average Bonchev–Trinajstić information content (AvgIpc) is 2.98. The minimum Gasteiger partial charge on any atom is -0.308 e. The van der Waals surface area contributed by atoms with Crippen molar-refractivity contribution in [3.63, 3.8) is 0 Å². The molecule has 128 valence electrons. The van der Waals surface area contributed by atoms with Crippen LogP contribution in [-0.2, 0) is 7.05 Å². The highest BCUT2D eigenvalue weighted by Crippen LogP contribution is 2.26. The van der Waals surface area contributed by atoms with Gasteiger partial charge >= 0.3 is 6.03 Å². The van der Waals surface area contributed by atoms with Crippen molar-refractivity contribution < 1.29 is 13.6 Å². The summed E-state index contributed by atoms with van der Waals surface area (Å²) in [4.78, 5) is 12.1. The molecule has 3 rings (SSSR count). The summed E-state index contributed by atoms with van der Waals surface area (Å²) in [5, 5.41) is 9.14. The van der Waals surface area contributed by atoms with Gasteiger partial charge in [-0.25, -0.2) is 13.6 Å². The zero-order valence-corrected chi connectivity index (χ0v) is 13.7. The highest BCUT2D eigenvalue weighted by molar-refractivity contribution is 6.00. The molecule has 0 bridgehead atoms. The van der Waals surface area contributed by atoms with Gasteiger partial charge in [-0.2, -0.15) is 5.10 Å². The first-order valence-corrected chi connectivity index (χ1v) is 7.56. The van der Waals surface area contributed by atoms with Gasteiger partial charge in [-0.05, 0) is 42.8 Å². The lowest BCUT2D eigenvalue weighted by atomic mass is 10.0. The first-order chi connectivity index (χ1) is 11.9. The Kier molecular flexibility index (Phi) is 4.47. The predicted molar refractivity (Wildman–Crippen MR) is 92.4 cm³/mol. The van der Waals surface area contributed by atoms with Crippen LogP contribution in [-0.4, -0.2) is 15.8 Å². The summed E-state index contributed by atoms with van der Waals surface area (Å²) in [5.74, 6) is -1.54. The summed E-state index contributed by atoms with van der Waals surface area (Å²) in [7, 11) is 1.83. The molecule has 0 atom stereocenters. The first kappa shape index (κ1) is 16.6. The number of carbonyl (C=O) groups is 1. The van der Waals surface area contributed by atoms with E-state index in [1.807, 2.05) is 32.2 Å². The minimum atomic E-state index is -0.838. The first-order valence-electron chi connectivity index (χ1n) is 7.56. The molecule has 3 aromatic rings. The van der Waals surface area contributed by atoms with Crippen molar-refractivity contribution in [2.45, 2.75) is 6.92 Å². The van der Waals surface area contributed by atoms with E-state index < -0.39 is 17.7 Å². The van der Waals surface area contributed by atoms with Crippen LogP contribution in [0.25, 0.3) is 11.3 Å². The number of rotatable bonds is 3. The van der Waals surface area contributed by atoms with Crippen LogP contribution in [0.15, 0.2) is 48.7 Å². The molecule has 0 aliphatic heterocycles. The molecule has 0 aliphatic carbocycles. The summed E-state index contributed by atoms with van der Waals surface area (Å²) < 4.78 is 28.2. The summed E-state index contributed by atoms with van der Waals surface area (Å²) in [6.45, 7) is 1.96. The summed E-state index contributed by atoms with van der Waals surface area (Å²) in [5.41, 5.74) is 3.30. The Bertz CT molecular complexity index is 937. The van der Waals surface area contributed by atoms with Crippen molar-refractivity contribution in [2.24, 2.45) is 7.05 Å². The van der Waals surface area contributed by atoms with Crippen LogP contribution in [0.5, 0.6) is 0 Å². The van der Waals surface area contributed by atoms with Crippen molar-refractivity contribution in [3.8, 4) is 11.3 Å². The lowest BCUT2D eigenvalue weighted by Crippen LogP contribution is -2.20. The average molecular weight is 342 g/mol. The zero-order valence-electron chi connectivity index (χ0n) is 13.7. The summed E-state index contributed by atoms with van der Waals surface area (Å²) in [6.07, 6.45) is 1.69. The SMILES string of the molecule is Cc1ccc(NC(=O)Nc2ccc(F)cc2F)cc1-c1ccnn1C.